The van der Waals surface area contributed by atoms with Gasteiger partial charge >= 0.3 is 12.0 Å². The molecule has 1 aromatic carbocycles. The molecule has 27 heavy (non-hydrogen) atoms. The smallest absolute Gasteiger partial charge is 0.339 e. The maximum atomic E-state index is 13.0. The molecule has 2 aromatic rings. The number of urea groups is 1. The number of imide groups is 1. The van der Waals surface area contributed by atoms with Crippen molar-refractivity contribution in [3.05, 3.63) is 41.1 Å². The van der Waals surface area contributed by atoms with Crippen LogP contribution in [-0.2, 0) is 22.4 Å². The summed E-state index contributed by atoms with van der Waals surface area (Å²) < 4.78 is 5.40. The highest BCUT2D eigenvalue weighted by Gasteiger charge is 2.26. The highest BCUT2D eigenvalue weighted by molar-refractivity contribution is 6.06. The van der Waals surface area contributed by atoms with Crippen molar-refractivity contribution < 1.29 is 19.1 Å². The Hall–Kier alpha value is -2.96. The Morgan fingerprint density at radius 3 is 2.63 bits per heavy atom. The van der Waals surface area contributed by atoms with Gasteiger partial charge in [-0.15, -0.1) is 0 Å². The molecule has 0 fully saturated rings. The van der Waals surface area contributed by atoms with Gasteiger partial charge in [-0.3, -0.25) is 15.1 Å². The number of hydrogen-bond acceptors (Lipinski definition) is 5. The summed E-state index contributed by atoms with van der Waals surface area (Å²) in [5, 5.41) is 5.13. The minimum atomic E-state index is -1.09. The van der Waals surface area contributed by atoms with Crippen LogP contribution >= 0.6 is 0 Å². The summed E-state index contributed by atoms with van der Waals surface area (Å²) in [5.74, 6) is -1.24. The fraction of sp³-hybridized carbons (Fsp3) is 0.400. The largest absolute Gasteiger partial charge is 0.449 e. The predicted molar refractivity (Wildman–Crippen MR) is 100 cm³/mol. The summed E-state index contributed by atoms with van der Waals surface area (Å²) in [6.07, 6.45) is 3.61. The van der Waals surface area contributed by atoms with E-state index in [0.717, 1.165) is 54.3 Å². The van der Waals surface area contributed by atoms with Gasteiger partial charge in [0.25, 0.3) is 5.91 Å². The van der Waals surface area contributed by atoms with E-state index in [1.165, 1.54) is 14.0 Å². The van der Waals surface area contributed by atoms with E-state index in [4.69, 9.17) is 9.72 Å². The van der Waals surface area contributed by atoms with Crippen LogP contribution in [0.5, 0.6) is 0 Å². The Bertz CT molecular complexity index is 894. The molecule has 1 atom stereocenters. The molecule has 7 heteroatoms. The van der Waals surface area contributed by atoms with E-state index < -0.39 is 24.0 Å². The number of nitrogens with one attached hydrogen (secondary N) is 2. The summed E-state index contributed by atoms with van der Waals surface area (Å²) in [5.41, 5.74) is 3.07. The van der Waals surface area contributed by atoms with Gasteiger partial charge in [0.2, 0.25) is 0 Å². The second-order valence-electron chi connectivity index (χ2n) is 6.61. The van der Waals surface area contributed by atoms with Gasteiger partial charge < -0.3 is 10.1 Å². The van der Waals surface area contributed by atoms with Crippen LogP contribution in [0.3, 0.4) is 0 Å². The lowest BCUT2D eigenvalue weighted by atomic mass is 9.97. The van der Waals surface area contributed by atoms with Gasteiger partial charge in [0.1, 0.15) is 0 Å². The molecule has 1 aliphatic carbocycles. The van der Waals surface area contributed by atoms with E-state index >= 15 is 0 Å². The number of benzene rings is 1. The number of pyridine rings is 1. The van der Waals surface area contributed by atoms with E-state index in [1.807, 2.05) is 24.3 Å². The van der Waals surface area contributed by atoms with E-state index in [1.54, 1.807) is 0 Å². The number of carbonyl (C=O) groups is 3. The molecule has 1 aromatic heterocycles. The molecule has 3 amide bonds. The Morgan fingerprint density at radius 2 is 1.85 bits per heavy atom. The average Bonchev–Trinajstić information content (AvgIpc) is 2.90. The first-order valence-corrected chi connectivity index (χ1v) is 9.15. The van der Waals surface area contributed by atoms with Gasteiger partial charge in [-0.25, -0.2) is 9.59 Å². The number of hydrogen-bond donors (Lipinski definition) is 2. The third-order valence-electron chi connectivity index (χ3n) is 4.74. The lowest BCUT2D eigenvalue weighted by molar-refractivity contribution is -0.127. The van der Waals surface area contributed by atoms with Crippen LogP contribution in [0.2, 0.25) is 0 Å². The minimum absolute atomic E-state index is 0.483. The van der Waals surface area contributed by atoms with Gasteiger partial charge in [0.15, 0.2) is 6.10 Å². The van der Waals surface area contributed by atoms with Gasteiger partial charge in [-0.05, 0) is 44.2 Å². The van der Waals surface area contributed by atoms with Gasteiger partial charge in [0, 0.05) is 18.1 Å². The molecule has 0 saturated heterocycles. The number of fused-ring (bicyclic) bond motifs is 2. The molecule has 2 N–H and O–H groups in total. The van der Waals surface area contributed by atoms with Crippen molar-refractivity contribution in [2.24, 2.45) is 0 Å². The molecular weight excluding hydrogens is 346 g/mol. The Morgan fingerprint density at radius 1 is 1.11 bits per heavy atom. The average molecular weight is 369 g/mol. The summed E-state index contributed by atoms with van der Waals surface area (Å²) >= 11 is 0. The van der Waals surface area contributed by atoms with Crippen LogP contribution in [0.15, 0.2) is 24.3 Å². The number of aryl methyl sites for hydroxylation is 1. The molecule has 3 rings (SSSR count). The first-order chi connectivity index (χ1) is 13.0. The van der Waals surface area contributed by atoms with E-state index in [-0.39, 0.29) is 0 Å². The topological polar surface area (TPSA) is 97.4 Å². The molecule has 1 heterocycles. The van der Waals surface area contributed by atoms with Crippen molar-refractivity contribution in [3.63, 3.8) is 0 Å². The summed E-state index contributed by atoms with van der Waals surface area (Å²) in [4.78, 5) is 41.0. The molecule has 0 radical (unpaired) electrons. The monoisotopic (exact) mass is 369 g/mol. The van der Waals surface area contributed by atoms with Gasteiger partial charge in [-0.2, -0.15) is 0 Å². The number of para-hydroxylation sites is 1. The Balaban J connectivity index is 1.95. The minimum Gasteiger partial charge on any atom is -0.449 e. The molecule has 0 saturated carbocycles. The fourth-order valence-corrected chi connectivity index (χ4v) is 3.33. The third kappa shape index (κ3) is 4.07. The standard InChI is InChI=1S/C20H23N3O4/c1-12(18(24)23-20(26)21-2)27-19(25)17-13-8-4-3-5-10-15(13)22-16-11-7-6-9-14(16)17/h6-7,9,11-12H,3-5,8,10H2,1-2H3,(H2,21,23,24,26)/t12-/m0/s1. The van der Waals surface area contributed by atoms with Crippen LogP contribution in [0.25, 0.3) is 10.9 Å². The first kappa shape index (κ1) is 18.8. The van der Waals surface area contributed by atoms with E-state index in [9.17, 15) is 14.4 Å². The zero-order valence-corrected chi connectivity index (χ0v) is 15.5. The molecule has 0 unspecified atom stereocenters. The lowest BCUT2D eigenvalue weighted by Gasteiger charge is -2.17. The fourth-order valence-electron chi connectivity index (χ4n) is 3.33. The summed E-state index contributed by atoms with van der Waals surface area (Å²) in [6.45, 7) is 1.44. The van der Waals surface area contributed by atoms with Crippen LogP contribution in [0.1, 0.15) is 47.8 Å². The highest BCUT2D eigenvalue weighted by atomic mass is 16.5. The molecular formula is C20H23N3O4. The molecule has 0 spiro atoms. The highest BCUT2D eigenvalue weighted by Crippen LogP contribution is 2.29. The van der Waals surface area contributed by atoms with Gasteiger partial charge in [0.05, 0.1) is 11.1 Å². The second kappa shape index (κ2) is 8.16. The summed E-state index contributed by atoms with van der Waals surface area (Å²) in [7, 11) is 1.40. The van der Waals surface area contributed by atoms with Crippen molar-refractivity contribution >= 4 is 28.8 Å². The van der Waals surface area contributed by atoms with Crippen molar-refractivity contribution in [1.29, 1.82) is 0 Å². The van der Waals surface area contributed by atoms with E-state index in [0.29, 0.717) is 5.56 Å². The molecule has 7 nitrogen and oxygen atoms in total. The number of carbonyl (C=O) groups excluding carboxylic acids is 3. The quantitative estimate of drug-likeness (QED) is 0.640. The zero-order chi connectivity index (χ0) is 19.4. The Labute approximate surface area is 157 Å². The normalized spacial score (nSPS) is 14.6. The Kier molecular flexibility index (Phi) is 5.69. The van der Waals surface area contributed by atoms with Crippen LogP contribution in [0.4, 0.5) is 4.79 Å². The number of amides is 3. The number of aromatic nitrogens is 1. The van der Waals surface area contributed by atoms with Crippen molar-refractivity contribution in [2.45, 2.75) is 45.1 Å². The zero-order valence-electron chi connectivity index (χ0n) is 15.5. The summed E-state index contributed by atoms with van der Waals surface area (Å²) in [6, 6.07) is 6.81. The second-order valence-corrected chi connectivity index (χ2v) is 6.61. The van der Waals surface area contributed by atoms with E-state index in [2.05, 4.69) is 10.6 Å². The van der Waals surface area contributed by atoms with Crippen LogP contribution < -0.4 is 10.6 Å². The maximum Gasteiger partial charge on any atom is 0.339 e. The van der Waals surface area contributed by atoms with Gasteiger partial charge in [-0.1, -0.05) is 24.6 Å². The predicted octanol–water partition coefficient (Wildman–Crippen LogP) is 2.50. The molecule has 0 aliphatic heterocycles. The number of nitrogens with zero attached hydrogens (tertiary/aromatic N) is 1. The van der Waals surface area contributed by atoms with Crippen molar-refractivity contribution in [2.75, 3.05) is 7.05 Å². The maximum absolute atomic E-state index is 13.0. The van der Waals surface area contributed by atoms with Crippen molar-refractivity contribution in [1.82, 2.24) is 15.6 Å². The lowest BCUT2D eigenvalue weighted by Crippen LogP contribution is -2.43. The molecule has 1 aliphatic rings. The third-order valence-corrected chi connectivity index (χ3v) is 4.74. The SMILES string of the molecule is CNC(=O)NC(=O)[C@H](C)OC(=O)c1c2c(nc3ccccc13)CCCCC2. The van der Waals surface area contributed by atoms with Crippen LogP contribution in [0, 0.1) is 0 Å². The first-order valence-electron chi connectivity index (χ1n) is 9.15. The van der Waals surface area contributed by atoms with Crippen LogP contribution in [-0.4, -0.2) is 36.0 Å². The number of ether oxygens (including phenoxy) is 1. The number of rotatable bonds is 3. The number of esters is 1. The molecule has 142 valence electrons. The van der Waals surface area contributed by atoms with Crippen molar-refractivity contribution in [3.8, 4) is 0 Å². The molecule has 0 bridgehead atoms.